The molecule has 3 rings (SSSR count). The molecule has 104 valence electrons. The Bertz CT molecular complexity index is 655. The van der Waals surface area contributed by atoms with E-state index in [0.717, 1.165) is 17.3 Å². The fourth-order valence-corrected chi connectivity index (χ4v) is 3.67. The number of nitrogens with one attached hydrogen (secondary N) is 3. The monoisotopic (exact) mass is 353 g/mol. The second-order valence-corrected chi connectivity index (χ2v) is 6.60. The number of carbonyl (C=O) groups is 2. The number of hydrogen-bond donors (Lipinski definition) is 3. The van der Waals surface area contributed by atoms with Crippen molar-refractivity contribution >= 4 is 39.1 Å². The van der Waals surface area contributed by atoms with Crippen LogP contribution in [-0.2, 0) is 12.8 Å². The molecule has 0 aromatic carbocycles. The number of rotatable bonds is 2. The van der Waals surface area contributed by atoms with Crippen LogP contribution in [0.1, 0.15) is 37.0 Å². The van der Waals surface area contributed by atoms with Crippen molar-refractivity contribution in [3.05, 3.63) is 43.8 Å². The van der Waals surface area contributed by atoms with E-state index in [2.05, 4.69) is 31.8 Å². The first kappa shape index (κ1) is 13.4. The summed E-state index contributed by atoms with van der Waals surface area (Å²) in [6.45, 7) is 0. The van der Waals surface area contributed by atoms with E-state index in [1.165, 1.54) is 28.2 Å². The predicted octanol–water partition coefficient (Wildman–Crippen LogP) is 2.40. The molecule has 5 nitrogen and oxygen atoms in total. The highest BCUT2D eigenvalue weighted by Crippen LogP contribution is 2.30. The maximum absolute atomic E-state index is 12.0. The van der Waals surface area contributed by atoms with Crippen LogP contribution in [0.25, 0.3) is 0 Å². The largest absolute Gasteiger partial charge is 0.356 e. The lowest BCUT2D eigenvalue weighted by molar-refractivity contribution is 0.0846. The molecule has 3 N–H and O–H groups in total. The average Bonchev–Trinajstić information content (AvgIpc) is 3.09. The van der Waals surface area contributed by atoms with Gasteiger partial charge in [0.2, 0.25) is 0 Å². The zero-order valence-electron chi connectivity index (χ0n) is 10.5. The Morgan fingerprint density at radius 3 is 2.70 bits per heavy atom. The van der Waals surface area contributed by atoms with Crippen molar-refractivity contribution in [3.63, 3.8) is 0 Å². The summed E-state index contributed by atoms with van der Waals surface area (Å²) in [6.07, 6.45) is 4.92. The van der Waals surface area contributed by atoms with Gasteiger partial charge in [-0.1, -0.05) is 0 Å². The van der Waals surface area contributed by atoms with Crippen molar-refractivity contribution in [2.45, 2.75) is 19.3 Å². The number of aromatic amines is 1. The quantitative estimate of drug-likeness (QED) is 0.725. The van der Waals surface area contributed by atoms with Crippen molar-refractivity contribution < 1.29 is 9.59 Å². The second kappa shape index (κ2) is 5.41. The first-order valence-corrected chi connectivity index (χ1v) is 7.80. The summed E-state index contributed by atoms with van der Waals surface area (Å²) >= 11 is 4.75. The second-order valence-electron chi connectivity index (χ2n) is 4.55. The number of aryl methyl sites for hydroxylation is 2. The minimum absolute atomic E-state index is 0.275. The third-order valence-corrected chi connectivity index (χ3v) is 4.85. The van der Waals surface area contributed by atoms with E-state index in [4.69, 9.17) is 0 Å². The van der Waals surface area contributed by atoms with Gasteiger partial charge in [-0.3, -0.25) is 20.4 Å². The zero-order valence-corrected chi connectivity index (χ0v) is 12.9. The van der Waals surface area contributed by atoms with Gasteiger partial charge in [-0.25, -0.2) is 0 Å². The molecule has 0 saturated carbocycles. The predicted molar refractivity (Wildman–Crippen MR) is 79.8 cm³/mol. The molecule has 0 spiro atoms. The van der Waals surface area contributed by atoms with Crippen LogP contribution in [0, 0.1) is 0 Å². The van der Waals surface area contributed by atoms with Gasteiger partial charge in [0.1, 0.15) is 5.69 Å². The lowest BCUT2D eigenvalue weighted by Crippen LogP contribution is -2.41. The lowest BCUT2D eigenvalue weighted by Gasteiger charge is -2.04. The Balaban J connectivity index is 1.60. The van der Waals surface area contributed by atoms with Crippen LogP contribution < -0.4 is 10.9 Å². The van der Waals surface area contributed by atoms with Crippen molar-refractivity contribution in [1.82, 2.24) is 15.8 Å². The molecule has 0 aliphatic heterocycles. The number of carbonyl (C=O) groups excluding carboxylic acids is 2. The molecule has 2 aromatic heterocycles. The van der Waals surface area contributed by atoms with Gasteiger partial charge in [-0.05, 0) is 52.9 Å². The minimum atomic E-state index is -0.381. The molecule has 0 bridgehead atoms. The van der Waals surface area contributed by atoms with E-state index in [9.17, 15) is 9.59 Å². The minimum Gasteiger partial charge on any atom is -0.356 e. The maximum atomic E-state index is 12.0. The van der Waals surface area contributed by atoms with E-state index in [1.807, 2.05) is 6.07 Å². The molecule has 2 amide bonds. The molecule has 0 fully saturated rings. The number of fused-ring (bicyclic) bond motifs is 1. The Kier molecular flexibility index (Phi) is 3.62. The number of hydrogen-bond acceptors (Lipinski definition) is 3. The zero-order chi connectivity index (χ0) is 14.1. The van der Waals surface area contributed by atoms with Crippen LogP contribution in [0.4, 0.5) is 0 Å². The maximum Gasteiger partial charge on any atom is 0.286 e. The van der Waals surface area contributed by atoms with Crippen LogP contribution in [0.5, 0.6) is 0 Å². The van der Waals surface area contributed by atoms with Gasteiger partial charge in [0.25, 0.3) is 11.8 Å². The molecule has 1 aliphatic carbocycles. The Morgan fingerprint density at radius 2 is 2.00 bits per heavy atom. The van der Waals surface area contributed by atoms with Gasteiger partial charge < -0.3 is 4.98 Å². The van der Waals surface area contributed by atoms with Gasteiger partial charge >= 0.3 is 0 Å². The van der Waals surface area contributed by atoms with Crippen LogP contribution in [-0.4, -0.2) is 16.8 Å². The topological polar surface area (TPSA) is 74.0 Å². The molecule has 2 aromatic rings. The first-order valence-electron chi connectivity index (χ1n) is 6.19. The normalized spacial score (nSPS) is 13.1. The standard InChI is InChI=1S/C13H12BrN3O2S/c14-8-5-9(15-6-8)12(18)16-17-13(19)11-4-7-2-1-3-10(7)20-11/h4-6,15H,1-3H2,(H,16,18)(H,17,19). The number of aromatic nitrogens is 1. The van der Waals surface area contributed by atoms with Gasteiger partial charge in [0, 0.05) is 15.5 Å². The third-order valence-electron chi connectivity index (χ3n) is 3.15. The highest BCUT2D eigenvalue weighted by molar-refractivity contribution is 9.10. The van der Waals surface area contributed by atoms with Gasteiger partial charge in [-0.15, -0.1) is 11.3 Å². The third kappa shape index (κ3) is 2.64. The Hall–Kier alpha value is -1.60. The highest BCUT2D eigenvalue weighted by Gasteiger charge is 2.19. The molecular formula is C13H12BrN3O2S. The number of H-pyrrole nitrogens is 1. The molecule has 2 heterocycles. The SMILES string of the molecule is O=C(NNC(=O)c1cc2c(s1)CCC2)c1cc(Br)c[nH]1. The molecule has 0 unspecified atom stereocenters. The van der Waals surface area contributed by atoms with E-state index < -0.39 is 0 Å². The summed E-state index contributed by atoms with van der Waals surface area (Å²) in [5.41, 5.74) is 6.47. The van der Waals surface area contributed by atoms with Crippen molar-refractivity contribution in [3.8, 4) is 0 Å². The molecule has 0 saturated heterocycles. The van der Waals surface area contributed by atoms with E-state index in [-0.39, 0.29) is 11.8 Å². The molecule has 0 radical (unpaired) electrons. The Labute approximate surface area is 127 Å². The van der Waals surface area contributed by atoms with E-state index >= 15 is 0 Å². The fourth-order valence-electron chi connectivity index (χ4n) is 2.18. The van der Waals surface area contributed by atoms with E-state index in [0.29, 0.717) is 10.6 Å². The molecule has 1 aliphatic rings. The molecular weight excluding hydrogens is 342 g/mol. The van der Waals surface area contributed by atoms with Gasteiger partial charge in [0.15, 0.2) is 0 Å². The number of amides is 2. The van der Waals surface area contributed by atoms with Crippen LogP contribution >= 0.6 is 27.3 Å². The van der Waals surface area contributed by atoms with E-state index in [1.54, 1.807) is 12.3 Å². The van der Waals surface area contributed by atoms with Crippen LogP contribution in [0.3, 0.4) is 0 Å². The van der Waals surface area contributed by atoms with Gasteiger partial charge in [-0.2, -0.15) is 0 Å². The van der Waals surface area contributed by atoms with Crippen LogP contribution in [0.2, 0.25) is 0 Å². The lowest BCUT2D eigenvalue weighted by atomic mass is 10.2. The average molecular weight is 354 g/mol. The fraction of sp³-hybridized carbons (Fsp3) is 0.231. The van der Waals surface area contributed by atoms with Gasteiger partial charge in [0.05, 0.1) is 4.88 Å². The smallest absolute Gasteiger partial charge is 0.286 e. The summed E-state index contributed by atoms with van der Waals surface area (Å²) in [6, 6.07) is 3.56. The van der Waals surface area contributed by atoms with Crippen molar-refractivity contribution in [2.24, 2.45) is 0 Å². The molecule has 0 atom stereocenters. The Morgan fingerprint density at radius 1 is 1.20 bits per heavy atom. The summed E-state index contributed by atoms with van der Waals surface area (Å²) < 4.78 is 0.781. The number of thiophene rings is 1. The summed E-state index contributed by atoms with van der Waals surface area (Å²) in [7, 11) is 0. The van der Waals surface area contributed by atoms with Crippen molar-refractivity contribution in [2.75, 3.05) is 0 Å². The summed E-state index contributed by atoms with van der Waals surface area (Å²) in [4.78, 5) is 28.4. The highest BCUT2D eigenvalue weighted by atomic mass is 79.9. The first-order chi connectivity index (χ1) is 9.63. The molecule has 7 heteroatoms. The summed E-state index contributed by atoms with van der Waals surface area (Å²) in [5.74, 6) is -0.656. The molecule has 20 heavy (non-hydrogen) atoms. The summed E-state index contributed by atoms with van der Waals surface area (Å²) in [5, 5.41) is 0. The van der Waals surface area contributed by atoms with Crippen LogP contribution in [0.15, 0.2) is 22.8 Å². The van der Waals surface area contributed by atoms with Crippen molar-refractivity contribution in [1.29, 1.82) is 0 Å². The number of hydrazine groups is 1. The number of halogens is 1.